The molecule has 4 rings (SSSR count). The lowest BCUT2D eigenvalue weighted by molar-refractivity contribution is 0.236. The van der Waals surface area contributed by atoms with Gasteiger partial charge in [0, 0.05) is 62.7 Å². The van der Waals surface area contributed by atoms with Crippen LogP contribution >= 0.6 is 0 Å². The fraction of sp³-hybridized carbons (Fsp3) is 0.611. The van der Waals surface area contributed by atoms with Crippen molar-refractivity contribution in [3.05, 3.63) is 41.2 Å². The van der Waals surface area contributed by atoms with E-state index in [0.29, 0.717) is 5.92 Å². The van der Waals surface area contributed by atoms with Crippen molar-refractivity contribution in [2.24, 2.45) is 7.05 Å². The number of fused-ring (bicyclic) bond motifs is 1. The molecule has 1 aliphatic carbocycles. The molecular weight excluding hydrogens is 286 g/mol. The van der Waals surface area contributed by atoms with E-state index < -0.39 is 0 Å². The SMILES string of the molecule is Cn1nccc1CN1CCc2nc(C3CCCCC3)ncc2C1. The largest absolute Gasteiger partial charge is 0.293 e. The Bertz CT molecular complexity index is 672. The molecule has 2 aromatic heterocycles. The Kier molecular flexibility index (Phi) is 4.12. The molecule has 1 fully saturated rings. The van der Waals surface area contributed by atoms with Crippen LogP contribution in [0.1, 0.15) is 60.8 Å². The van der Waals surface area contributed by atoms with Crippen molar-refractivity contribution < 1.29 is 0 Å². The van der Waals surface area contributed by atoms with Crippen LogP contribution in [0.15, 0.2) is 18.5 Å². The van der Waals surface area contributed by atoms with E-state index in [-0.39, 0.29) is 0 Å². The molecule has 0 saturated heterocycles. The van der Waals surface area contributed by atoms with Crippen LogP contribution < -0.4 is 0 Å². The van der Waals surface area contributed by atoms with E-state index in [1.807, 2.05) is 17.9 Å². The van der Waals surface area contributed by atoms with E-state index in [2.05, 4.69) is 22.3 Å². The lowest BCUT2D eigenvalue weighted by Gasteiger charge is -2.29. The molecule has 0 spiro atoms. The van der Waals surface area contributed by atoms with Gasteiger partial charge in [-0.1, -0.05) is 19.3 Å². The summed E-state index contributed by atoms with van der Waals surface area (Å²) in [7, 11) is 2.01. The minimum Gasteiger partial charge on any atom is -0.293 e. The van der Waals surface area contributed by atoms with Crippen molar-refractivity contribution in [2.45, 2.75) is 57.5 Å². The van der Waals surface area contributed by atoms with Crippen LogP contribution in [0.2, 0.25) is 0 Å². The summed E-state index contributed by atoms with van der Waals surface area (Å²) < 4.78 is 1.96. The lowest BCUT2D eigenvalue weighted by atomic mass is 9.88. The van der Waals surface area contributed by atoms with Gasteiger partial charge in [0.1, 0.15) is 5.82 Å². The van der Waals surface area contributed by atoms with Gasteiger partial charge in [-0.25, -0.2) is 9.97 Å². The highest BCUT2D eigenvalue weighted by molar-refractivity contribution is 5.22. The van der Waals surface area contributed by atoms with E-state index in [1.54, 1.807) is 0 Å². The predicted octanol–water partition coefficient (Wildman–Crippen LogP) is 2.82. The molecule has 5 heteroatoms. The van der Waals surface area contributed by atoms with Gasteiger partial charge < -0.3 is 0 Å². The van der Waals surface area contributed by atoms with E-state index in [4.69, 9.17) is 9.97 Å². The summed E-state index contributed by atoms with van der Waals surface area (Å²) >= 11 is 0. The van der Waals surface area contributed by atoms with Gasteiger partial charge >= 0.3 is 0 Å². The third-order valence-electron chi connectivity index (χ3n) is 5.31. The summed E-state index contributed by atoms with van der Waals surface area (Å²) in [5.41, 5.74) is 3.84. The minimum absolute atomic E-state index is 0.599. The van der Waals surface area contributed by atoms with Crippen LogP contribution in [-0.2, 0) is 26.6 Å². The maximum Gasteiger partial charge on any atom is 0.131 e. The van der Waals surface area contributed by atoms with Gasteiger partial charge in [-0.15, -0.1) is 0 Å². The third kappa shape index (κ3) is 3.15. The average molecular weight is 311 g/mol. The van der Waals surface area contributed by atoms with Gasteiger partial charge in [0.2, 0.25) is 0 Å². The van der Waals surface area contributed by atoms with Crippen molar-refractivity contribution >= 4 is 0 Å². The Morgan fingerprint density at radius 3 is 2.87 bits per heavy atom. The predicted molar refractivity (Wildman–Crippen MR) is 88.9 cm³/mol. The highest BCUT2D eigenvalue weighted by Crippen LogP contribution is 2.31. The first kappa shape index (κ1) is 14.8. The summed E-state index contributed by atoms with van der Waals surface area (Å²) in [6, 6.07) is 2.10. The summed E-state index contributed by atoms with van der Waals surface area (Å²) in [4.78, 5) is 12.1. The number of nitrogens with zero attached hydrogens (tertiary/aromatic N) is 5. The third-order valence-corrected chi connectivity index (χ3v) is 5.31. The second-order valence-corrected chi connectivity index (χ2v) is 6.94. The van der Waals surface area contributed by atoms with E-state index >= 15 is 0 Å². The summed E-state index contributed by atoms with van der Waals surface area (Å²) in [6.45, 7) is 2.96. The molecule has 0 amide bonds. The quantitative estimate of drug-likeness (QED) is 0.874. The summed E-state index contributed by atoms with van der Waals surface area (Å²) in [6.07, 6.45) is 11.6. The lowest BCUT2D eigenvalue weighted by Crippen LogP contribution is -2.32. The van der Waals surface area contributed by atoms with Crippen LogP contribution in [0, 0.1) is 0 Å². The van der Waals surface area contributed by atoms with Crippen molar-refractivity contribution in [1.29, 1.82) is 0 Å². The monoisotopic (exact) mass is 311 g/mol. The standard InChI is InChI=1S/C18H25N5/c1-22-16(7-9-20-22)13-23-10-8-17-15(12-23)11-19-18(21-17)14-5-3-2-4-6-14/h7,9,11,14H,2-6,8,10,12-13H2,1H3. The maximum atomic E-state index is 4.93. The van der Waals surface area contributed by atoms with Gasteiger partial charge in [-0.05, 0) is 18.9 Å². The highest BCUT2D eigenvalue weighted by Gasteiger charge is 2.23. The zero-order valence-electron chi connectivity index (χ0n) is 13.9. The normalized spacial score (nSPS) is 19.7. The van der Waals surface area contributed by atoms with Crippen LogP contribution in [0.25, 0.3) is 0 Å². The molecule has 5 nitrogen and oxygen atoms in total. The second-order valence-electron chi connectivity index (χ2n) is 6.94. The first-order valence-corrected chi connectivity index (χ1v) is 8.83. The molecule has 0 unspecified atom stereocenters. The van der Waals surface area contributed by atoms with Gasteiger partial charge in [0.15, 0.2) is 0 Å². The number of aryl methyl sites for hydroxylation is 1. The van der Waals surface area contributed by atoms with E-state index in [0.717, 1.165) is 31.9 Å². The molecule has 0 atom stereocenters. The first-order chi connectivity index (χ1) is 11.3. The topological polar surface area (TPSA) is 46.8 Å². The Morgan fingerprint density at radius 1 is 1.22 bits per heavy atom. The highest BCUT2D eigenvalue weighted by atomic mass is 15.3. The number of hydrogen-bond acceptors (Lipinski definition) is 4. The molecule has 1 aliphatic heterocycles. The van der Waals surface area contributed by atoms with Crippen LogP contribution in [0.3, 0.4) is 0 Å². The maximum absolute atomic E-state index is 4.93. The molecule has 0 radical (unpaired) electrons. The van der Waals surface area contributed by atoms with Crippen molar-refractivity contribution in [3.8, 4) is 0 Å². The second kappa shape index (κ2) is 6.40. The van der Waals surface area contributed by atoms with Gasteiger partial charge in [0.05, 0.1) is 5.69 Å². The average Bonchev–Trinajstić information content (AvgIpc) is 3.00. The molecular formula is C18H25N5. The Labute approximate surface area is 137 Å². The molecule has 0 bridgehead atoms. The number of rotatable bonds is 3. The molecule has 2 aromatic rings. The Hall–Kier alpha value is -1.75. The molecule has 23 heavy (non-hydrogen) atoms. The number of hydrogen-bond donors (Lipinski definition) is 0. The molecule has 1 saturated carbocycles. The minimum atomic E-state index is 0.599. The van der Waals surface area contributed by atoms with Crippen molar-refractivity contribution in [1.82, 2.24) is 24.6 Å². The van der Waals surface area contributed by atoms with Gasteiger partial charge in [0.25, 0.3) is 0 Å². The van der Waals surface area contributed by atoms with Crippen LogP contribution in [0.5, 0.6) is 0 Å². The zero-order valence-corrected chi connectivity index (χ0v) is 13.9. The molecule has 2 aliphatic rings. The number of aromatic nitrogens is 4. The Balaban J connectivity index is 1.46. The van der Waals surface area contributed by atoms with Crippen molar-refractivity contribution in [2.75, 3.05) is 6.54 Å². The first-order valence-electron chi connectivity index (χ1n) is 8.83. The molecule has 0 N–H and O–H groups in total. The zero-order chi connectivity index (χ0) is 15.6. The summed E-state index contributed by atoms with van der Waals surface area (Å²) in [5.74, 6) is 1.70. The van der Waals surface area contributed by atoms with Crippen molar-refractivity contribution in [3.63, 3.8) is 0 Å². The van der Waals surface area contributed by atoms with E-state index in [9.17, 15) is 0 Å². The Morgan fingerprint density at radius 2 is 2.09 bits per heavy atom. The molecule has 122 valence electrons. The fourth-order valence-electron chi connectivity index (χ4n) is 3.87. The fourth-order valence-corrected chi connectivity index (χ4v) is 3.87. The summed E-state index contributed by atoms with van der Waals surface area (Å²) in [5, 5.41) is 4.26. The van der Waals surface area contributed by atoms with Crippen LogP contribution in [0.4, 0.5) is 0 Å². The molecule has 3 heterocycles. The van der Waals surface area contributed by atoms with Gasteiger partial charge in [-0.3, -0.25) is 9.58 Å². The smallest absolute Gasteiger partial charge is 0.131 e. The van der Waals surface area contributed by atoms with Gasteiger partial charge in [-0.2, -0.15) is 5.10 Å². The van der Waals surface area contributed by atoms with Crippen LogP contribution in [-0.4, -0.2) is 31.2 Å². The molecule has 0 aromatic carbocycles. The van der Waals surface area contributed by atoms with E-state index in [1.165, 1.54) is 49.1 Å².